The third-order valence-corrected chi connectivity index (χ3v) is 4.19. The first kappa shape index (κ1) is 22.0. The minimum absolute atomic E-state index is 0. The maximum Gasteiger partial charge on any atom is 2.00 e. The molecule has 1 heterocycles. The Morgan fingerprint density at radius 1 is 1.44 bits per heavy atom. The number of aliphatic imine (C=N–C) groups is 1. The van der Waals surface area contributed by atoms with E-state index in [1.165, 1.54) is 6.07 Å². The van der Waals surface area contributed by atoms with Crippen LogP contribution in [0.2, 0.25) is 0 Å². The maximum absolute atomic E-state index is 12.1. The molecule has 1 aromatic rings. The van der Waals surface area contributed by atoms with Gasteiger partial charge in [0.2, 0.25) is 10.2 Å². The fourth-order valence-corrected chi connectivity index (χ4v) is 2.82. The molecule has 0 atom stereocenters. The van der Waals surface area contributed by atoms with Crippen molar-refractivity contribution in [2.24, 2.45) is 20.5 Å². The second-order valence-corrected chi connectivity index (χ2v) is 7.29. The van der Waals surface area contributed by atoms with Gasteiger partial charge in [-0.3, -0.25) is 0 Å². The van der Waals surface area contributed by atoms with E-state index in [0.29, 0.717) is 17.9 Å². The predicted octanol–water partition coefficient (Wildman–Crippen LogP) is 0.849. The summed E-state index contributed by atoms with van der Waals surface area (Å²) in [5.74, 6) is -0.109. The average Bonchev–Trinajstić information content (AvgIpc) is 2.48. The number of rotatable bonds is 6. The Hall–Kier alpha value is -1.03. The normalized spacial score (nSPS) is 16.1. The number of hydrogen-bond acceptors (Lipinski definition) is 6. The van der Waals surface area contributed by atoms with E-state index in [-0.39, 0.29) is 61.8 Å². The van der Waals surface area contributed by atoms with E-state index in [1.54, 1.807) is 26.0 Å². The van der Waals surface area contributed by atoms with Crippen molar-refractivity contribution in [1.29, 1.82) is 0 Å². The number of benzene rings is 1. The fourth-order valence-electron chi connectivity index (χ4n) is 2.04. The van der Waals surface area contributed by atoms with Gasteiger partial charge in [0, 0.05) is 17.5 Å². The van der Waals surface area contributed by atoms with Crippen LogP contribution in [-0.4, -0.2) is 71.0 Å². The first-order valence-corrected chi connectivity index (χ1v) is 8.87. The number of nitrogens with zero attached hydrogens (tertiary/aromatic N) is 3. The summed E-state index contributed by atoms with van der Waals surface area (Å²) in [5, 5.41) is 12.1. The number of hydrogen-bond donors (Lipinski definition) is 1. The van der Waals surface area contributed by atoms with Crippen LogP contribution >= 0.6 is 0 Å². The Morgan fingerprint density at radius 2 is 2.12 bits per heavy atom. The second-order valence-electron chi connectivity index (χ2n) is 6.03. The smallest absolute Gasteiger partial charge is 0.862 e. The average molecular weight is 392 g/mol. The van der Waals surface area contributed by atoms with E-state index >= 15 is 0 Å². The van der Waals surface area contributed by atoms with Crippen molar-refractivity contribution >= 4 is 65.4 Å². The Bertz CT molecular complexity index is 791. The van der Waals surface area contributed by atoms with Gasteiger partial charge in [-0.2, -0.15) is 4.40 Å². The third kappa shape index (κ3) is 5.47. The second kappa shape index (κ2) is 8.57. The first-order valence-electron chi connectivity index (χ1n) is 7.48. The van der Waals surface area contributed by atoms with Crippen LogP contribution in [0.5, 0.6) is 5.75 Å². The van der Waals surface area contributed by atoms with Crippen LogP contribution in [-0.2, 0) is 10.2 Å². The molecule has 0 amide bonds. The summed E-state index contributed by atoms with van der Waals surface area (Å²) in [4.78, 5) is 3.98. The quantitative estimate of drug-likeness (QED) is 0.435. The van der Waals surface area contributed by atoms with Crippen molar-refractivity contribution in [2.45, 2.75) is 27.2 Å². The van der Waals surface area contributed by atoms with E-state index in [9.17, 15) is 13.5 Å². The van der Waals surface area contributed by atoms with Gasteiger partial charge >= 0.3 is 37.7 Å². The third-order valence-electron chi connectivity index (χ3n) is 3.33. The topological polar surface area (TPSA) is 131 Å². The van der Waals surface area contributed by atoms with E-state index in [2.05, 4.69) is 14.1 Å². The molecule has 0 unspecified atom stereocenters. The summed E-state index contributed by atoms with van der Waals surface area (Å²) < 4.78 is 35.7. The molecule has 0 saturated carbocycles. The van der Waals surface area contributed by atoms with Crippen LogP contribution in [0.25, 0.3) is 4.72 Å². The van der Waals surface area contributed by atoms with Crippen LogP contribution in [0.4, 0.5) is 5.69 Å². The number of ether oxygens (including phenoxy) is 1. The Labute approximate surface area is 177 Å². The van der Waals surface area contributed by atoms with Gasteiger partial charge in [-0.15, -0.1) is 5.69 Å². The zero-order valence-electron chi connectivity index (χ0n) is 14.5. The summed E-state index contributed by atoms with van der Waals surface area (Å²) in [6.07, 6.45) is 0.790. The zero-order valence-corrected chi connectivity index (χ0v) is 17.5. The zero-order chi connectivity index (χ0) is 18.0. The van der Waals surface area contributed by atoms with Crippen molar-refractivity contribution in [1.82, 2.24) is 0 Å². The molecule has 0 aromatic heterocycles. The van der Waals surface area contributed by atoms with Gasteiger partial charge < -0.3 is 25.3 Å². The van der Waals surface area contributed by atoms with Crippen LogP contribution in [0.1, 0.15) is 32.8 Å². The minimum atomic E-state index is -3.97. The molecule has 2 rings (SSSR count). The molecule has 0 spiro atoms. The SMILES string of the molecule is CCCN=C([O-])C(C)(C)COc1cccc2c1C(N)=NS(=O)(=O)[N-]2.[Ca+2]. The van der Waals surface area contributed by atoms with Gasteiger partial charge in [0.15, 0.2) is 0 Å². The molecule has 25 heavy (non-hydrogen) atoms. The molecule has 1 aromatic carbocycles. The van der Waals surface area contributed by atoms with E-state index in [1.807, 2.05) is 6.92 Å². The Morgan fingerprint density at radius 3 is 2.76 bits per heavy atom. The van der Waals surface area contributed by atoms with Gasteiger partial charge in [0.05, 0.1) is 6.61 Å². The van der Waals surface area contributed by atoms with Crippen molar-refractivity contribution in [3.63, 3.8) is 0 Å². The van der Waals surface area contributed by atoms with E-state index in [0.717, 1.165) is 6.42 Å². The van der Waals surface area contributed by atoms with Crippen molar-refractivity contribution in [3.8, 4) is 5.75 Å². The summed E-state index contributed by atoms with van der Waals surface area (Å²) in [6, 6.07) is 4.73. The van der Waals surface area contributed by atoms with Gasteiger partial charge in [-0.1, -0.05) is 32.9 Å². The largest absolute Gasteiger partial charge is 2.00 e. The van der Waals surface area contributed by atoms with E-state index in [4.69, 9.17) is 10.5 Å². The minimum Gasteiger partial charge on any atom is -0.862 e. The molecular formula is C15H20CaN4O4S. The molecule has 0 saturated heterocycles. The van der Waals surface area contributed by atoms with Crippen molar-refractivity contribution in [3.05, 3.63) is 28.5 Å². The summed E-state index contributed by atoms with van der Waals surface area (Å²) in [5.41, 5.74) is 5.39. The van der Waals surface area contributed by atoms with Gasteiger partial charge in [-0.05, 0) is 18.4 Å². The molecule has 8 nitrogen and oxygen atoms in total. The summed E-state index contributed by atoms with van der Waals surface area (Å²) in [7, 11) is -3.97. The molecule has 0 radical (unpaired) electrons. The maximum atomic E-state index is 12.1. The van der Waals surface area contributed by atoms with Gasteiger partial charge in [0.1, 0.15) is 11.6 Å². The van der Waals surface area contributed by atoms with Gasteiger partial charge in [0.25, 0.3) is 0 Å². The Balaban J connectivity index is 0.00000312. The van der Waals surface area contributed by atoms with Crippen LogP contribution in [0.3, 0.4) is 0 Å². The monoisotopic (exact) mass is 392 g/mol. The molecule has 1 aliphatic rings. The molecule has 0 aliphatic carbocycles. The molecule has 0 fully saturated rings. The molecular weight excluding hydrogens is 372 g/mol. The molecule has 1 aliphatic heterocycles. The molecule has 10 heteroatoms. The van der Waals surface area contributed by atoms with Gasteiger partial charge in [-0.25, -0.2) is 8.42 Å². The molecule has 0 bridgehead atoms. The molecule has 2 N–H and O–H groups in total. The van der Waals surface area contributed by atoms with Crippen molar-refractivity contribution in [2.75, 3.05) is 13.2 Å². The number of nitrogens with two attached hydrogens (primary N) is 1. The van der Waals surface area contributed by atoms with Crippen LogP contribution < -0.4 is 15.6 Å². The van der Waals surface area contributed by atoms with Crippen LogP contribution in [0.15, 0.2) is 27.6 Å². The number of fused-ring (bicyclic) bond motifs is 1. The number of amidine groups is 1. The molecule has 132 valence electrons. The van der Waals surface area contributed by atoms with Crippen LogP contribution in [0, 0.1) is 5.41 Å². The first-order chi connectivity index (χ1) is 11.2. The van der Waals surface area contributed by atoms with E-state index < -0.39 is 15.6 Å². The summed E-state index contributed by atoms with van der Waals surface area (Å²) in [6.45, 7) is 5.94. The summed E-state index contributed by atoms with van der Waals surface area (Å²) >= 11 is 0. The Kier molecular flexibility index (Phi) is 7.54. The predicted molar refractivity (Wildman–Crippen MR) is 96.7 cm³/mol. The standard InChI is InChI=1S/C15H21N4O4S.Ca/c1-4-8-17-14(20)15(2,3)9-23-11-7-5-6-10-12(11)13(16)19-24(21,22)18-10;/h5-7H,4,8-9H2,1-3H3,(H3-,16,17,18,19,20);/q-1;+2/p-1. The fraction of sp³-hybridized carbons (Fsp3) is 0.467. The van der Waals surface area contributed by atoms with Crippen molar-refractivity contribution < 1.29 is 18.3 Å².